The third-order valence-electron chi connectivity index (χ3n) is 7.27. The van der Waals surface area contributed by atoms with Gasteiger partial charge in [0.2, 0.25) is 0 Å². The van der Waals surface area contributed by atoms with Gasteiger partial charge in [-0.1, -0.05) is 56.2 Å². The largest absolute Gasteiger partial charge is 0.385 e. The van der Waals surface area contributed by atoms with Crippen LogP contribution in [0.2, 0.25) is 0 Å². The van der Waals surface area contributed by atoms with Crippen LogP contribution in [0.4, 0.5) is 10.1 Å². The molecule has 1 aromatic carbocycles. The zero-order valence-electron chi connectivity index (χ0n) is 23.1. The summed E-state index contributed by atoms with van der Waals surface area (Å²) >= 11 is 0. The minimum atomic E-state index is -0.783. The Labute approximate surface area is 220 Å². The van der Waals surface area contributed by atoms with Crippen LogP contribution >= 0.6 is 0 Å². The molecular weight excluding hydrogens is 463 g/mol. The molecule has 2 N–H and O–H groups in total. The van der Waals surface area contributed by atoms with Crippen LogP contribution in [0.3, 0.4) is 0 Å². The Bertz CT molecular complexity index is 1350. The number of aromatic nitrogens is 1. The number of unbranched alkanes of at least 4 members (excludes halogenated alkanes) is 1. The summed E-state index contributed by atoms with van der Waals surface area (Å²) in [7, 11) is 1.66. The van der Waals surface area contributed by atoms with Gasteiger partial charge in [-0.15, -0.1) is 0 Å². The summed E-state index contributed by atoms with van der Waals surface area (Å²) in [5.74, 6) is -0.339. The molecule has 0 atom stereocenters. The van der Waals surface area contributed by atoms with Crippen LogP contribution in [0.5, 0.6) is 0 Å². The van der Waals surface area contributed by atoms with Gasteiger partial charge < -0.3 is 15.0 Å². The molecule has 1 aliphatic rings. The highest BCUT2D eigenvalue weighted by molar-refractivity contribution is 5.89. The molecule has 0 unspecified atom stereocenters. The van der Waals surface area contributed by atoms with E-state index in [0.717, 1.165) is 60.9 Å². The van der Waals surface area contributed by atoms with Crippen molar-refractivity contribution in [2.24, 2.45) is 7.05 Å². The van der Waals surface area contributed by atoms with Gasteiger partial charge in [0.15, 0.2) is 0 Å². The Morgan fingerprint density at radius 3 is 2.51 bits per heavy atom. The van der Waals surface area contributed by atoms with Gasteiger partial charge in [-0.3, -0.25) is 4.79 Å². The van der Waals surface area contributed by atoms with Crippen LogP contribution in [0, 0.1) is 5.82 Å². The number of hydrogen-bond acceptors (Lipinski definition) is 3. The SMILES string of the molecule is C/C=C\C(=C(/C)CC)c1ccc2c(cc(N/C(C)=C/C=C(\C=C\CCC)C3(O)CCC3)c(=O)n2C)c1F. The highest BCUT2D eigenvalue weighted by atomic mass is 19.1. The average molecular weight is 505 g/mol. The first kappa shape index (κ1) is 28.4. The van der Waals surface area contributed by atoms with Crippen LogP contribution in [0.25, 0.3) is 16.5 Å². The highest BCUT2D eigenvalue weighted by Crippen LogP contribution is 2.39. The van der Waals surface area contributed by atoms with Gasteiger partial charge in [0.05, 0.1) is 11.1 Å². The number of benzene rings is 1. The lowest BCUT2D eigenvalue weighted by molar-refractivity contribution is 0.00592. The standard InChI is InChI=1S/C32H41FN2O2/c1-7-10-11-14-24(32(37)19-12-20-32)16-15-23(5)34-28-21-27-29(35(6)31(28)36)18-17-26(30(27)33)25(13-8-2)22(4)9-3/h8,11,13-18,21,34,37H,7,9-10,12,19-20H2,1-6H3/b13-8-,14-11+,23-15+,24-16+,25-22-. The lowest BCUT2D eigenvalue weighted by Gasteiger charge is -2.37. The molecule has 4 nitrogen and oxygen atoms in total. The van der Waals surface area contributed by atoms with E-state index in [9.17, 15) is 9.90 Å². The van der Waals surface area contributed by atoms with E-state index in [2.05, 4.69) is 25.2 Å². The van der Waals surface area contributed by atoms with Crippen LogP contribution in [0.15, 0.2) is 76.3 Å². The maximum Gasteiger partial charge on any atom is 0.274 e. The normalized spacial score (nSPS) is 17.0. The number of allylic oxidation sites excluding steroid dienone is 8. The fourth-order valence-electron chi connectivity index (χ4n) is 4.64. The Kier molecular flexibility index (Phi) is 9.50. The molecule has 5 heteroatoms. The molecule has 198 valence electrons. The molecule has 1 fully saturated rings. The van der Waals surface area contributed by atoms with Gasteiger partial charge in [0.25, 0.3) is 5.56 Å². The van der Waals surface area contributed by atoms with Crippen molar-refractivity contribution in [3.8, 4) is 0 Å². The number of hydrogen-bond donors (Lipinski definition) is 2. The molecule has 0 saturated heterocycles. The van der Waals surface area contributed by atoms with E-state index in [-0.39, 0.29) is 11.4 Å². The number of fused-ring (bicyclic) bond motifs is 1. The van der Waals surface area contributed by atoms with Crippen molar-refractivity contribution in [3.63, 3.8) is 0 Å². The summed E-state index contributed by atoms with van der Waals surface area (Å²) in [6.45, 7) is 9.98. The summed E-state index contributed by atoms with van der Waals surface area (Å²) in [5.41, 5.74) is 3.94. The van der Waals surface area contributed by atoms with Crippen molar-refractivity contribution < 1.29 is 9.50 Å². The maximum absolute atomic E-state index is 15.9. The lowest BCUT2D eigenvalue weighted by atomic mass is 9.74. The van der Waals surface area contributed by atoms with Gasteiger partial charge in [0, 0.05) is 23.7 Å². The number of halogens is 1. The van der Waals surface area contributed by atoms with E-state index in [0.29, 0.717) is 22.2 Å². The van der Waals surface area contributed by atoms with Gasteiger partial charge in [-0.2, -0.15) is 0 Å². The lowest BCUT2D eigenvalue weighted by Crippen LogP contribution is -2.38. The topological polar surface area (TPSA) is 54.3 Å². The van der Waals surface area contributed by atoms with E-state index in [1.165, 1.54) is 4.57 Å². The Balaban J connectivity index is 2.04. The maximum atomic E-state index is 15.9. The molecule has 0 radical (unpaired) electrons. The fourth-order valence-corrected chi connectivity index (χ4v) is 4.64. The minimum Gasteiger partial charge on any atom is -0.385 e. The van der Waals surface area contributed by atoms with Crippen molar-refractivity contribution in [1.82, 2.24) is 4.57 Å². The minimum absolute atomic E-state index is 0.231. The first-order valence-electron chi connectivity index (χ1n) is 13.4. The summed E-state index contributed by atoms with van der Waals surface area (Å²) < 4.78 is 17.4. The smallest absolute Gasteiger partial charge is 0.274 e. The predicted molar refractivity (Wildman–Crippen MR) is 155 cm³/mol. The molecule has 0 spiro atoms. The average Bonchev–Trinajstić information content (AvgIpc) is 2.86. The van der Waals surface area contributed by atoms with Crippen molar-refractivity contribution in [2.45, 2.75) is 78.7 Å². The Morgan fingerprint density at radius 2 is 1.92 bits per heavy atom. The van der Waals surface area contributed by atoms with E-state index in [1.807, 2.05) is 57.2 Å². The third kappa shape index (κ3) is 6.22. The van der Waals surface area contributed by atoms with E-state index < -0.39 is 5.60 Å². The molecule has 1 saturated carbocycles. The van der Waals surface area contributed by atoms with Crippen molar-refractivity contribution >= 4 is 22.2 Å². The molecule has 0 aliphatic heterocycles. The predicted octanol–water partition coefficient (Wildman–Crippen LogP) is 7.95. The van der Waals surface area contributed by atoms with Crippen molar-refractivity contribution in [3.05, 3.63) is 93.2 Å². The highest BCUT2D eigenvalue weighted by Gasteiger charge is 2.36. The van der Waals surface area contributed by atoms with Crippen LogP contribution in [0.1, 0.15) is 78.7 Å². The molecule has 1 aliphatic carbocycles. The van der Waals surface area contributed by atoms with E-state index in [1.54, 1.807) is 19.2 Å². The molecule has 37 heavy (non-hydrogen) atoms. The zero-order valence-corrected chi connectivity index (χ0v) is 23.1. The number of rotatable bonds is 10. The number of aryl methyl sites for hydroxylation is 1. The van der Waals surface area contributed by atoms with Crippen LogP contribution in [-0.4, -0.2) is 15.3 Å². The molecule has 1 aromatic heterocycles. The summed E-state index contributed by atoms with van der Waals surface area (Å²) in [6.07, 6.45) is 17.1. The molecular formula is C32H41FN2O2. The van der Waals surface area contributed by atoms with Crippen molar-refractivity contribution in [1.29, 1.82) is 0 Å². The second-order valence-electron chi connectivity index (χ2n) is 10.0. The first-order valence-corrected chi connectivity index (χ1v) is 13.4. The van der Waals surface area contributed by atoms with Gasteiger partial charge in [-0.05, 0) is 88.3 Å². The Morgan fingerprint density at radius 1 is 1.19 bits per heavy atom. The number of pyridine rings is 1. The number of anilines is 1. The molecule has 0 amide bonds. The van der Waals surface area contributed by atoms with Gasteiger partial charge in [0.1, 0.15) is 11.5 Å². The van der Waals surface area contributed by atoms with Crippen LogP contribution in [-0.2, 0) is 7.05 Å². The molecule has 0 bridgehead atoms. The first-order chi connectivity index (χ1) is 17.7. The second kappa shape index (κ2) is 12.4. The van der Waals surface area contributed by atoms with E-state index >= 15 is 4.39 Å². The summed E-state index contributed by atoms with van der Waals surface area (Å²) in [5, 5.41) is 14.5. The fraction of sp³-hybridized carbons (Fsp3) is 0.406. The van der Waals surface area contributed by atoms with Gasteiger partial charge in [-0.25, -0.2) is 4.39 Å². The molecule has 2 aromatic rings. The Hall–Kier alpha value is -3.18. The summed E-state index contributed by atoms with van der Waals surface area (Å²) in [4.78, 5) is 13.1. The second-order valence-corrected chi connectivity index (χ2v) is 10.0. The van der Waals surface area contributed by atoms with Gasteiger partial charge >= 0.3 is 0 Å². The van der Waals surface area contributed by atoms with Crippen LogP contribution < -0.4 is 10.9 Å². The number of aliphatic hydroxyl groups is 1. The third-order valence-corrected chi connectivity index (χ3v) is 7.27. The summed E-state index contributed by atoms with van der Waals surface area (Å²) in [6, 6.07) is 5.17. The number of nitrogens with one attached hydrogen (secondary N) is 1. The van der Waals surface area contributed by atoms with Crippen molar-refractivity contribution in [2.75, 3.05) is 5.32 Å². The van der Waals surface area contributed by atoms with E-state index in [4.69, 9.17) is 0 Å². The molecule has 3 rings (SSSR count). The monoisotopic (exact) mass is 504 g/mol. The quantitative estimate of drug-likeness (QED) is 0.323. The molecule has 1 heterocycles. The number of nitrogens with zero attached hydrogens (tertiary/aromatic N) is 1. The zero-order chi connectivity index (χ0) is 27.2.